The maximum atomic E-state index is 12.2. The number of amides is 1. The van der Waals surface area contributed by atoms with Crippen molar-refractivity contribution in [2.45, 2.75) is 13.3 Å². The van der Waals surface area contributed by atoms with Gasteiger partial charge >= 0.3 is 0 Å². The molecule has 0 spiro atoms. The maximum Gasteiger partial charge on any atom is 0.255 e. The molecule has 2 aromatic rings. The third-order valence-corrected chi connectivity index (χ3v) is 3.52. The van der Waals surface area contributed by atoms with Crippen molar-refractivity contribution in [1.29, 1.82) is 0 Å². The van der Waals surface area contributed by atoms with Crippen molar-refractivity contribution in [3.8, 4) is 0 Å². The summed E-state index contributed by atoms with van der Waals surface area (Å²) >= 11 is 2.27. The van der Waals surface area contributed by atoms with Gasteiger partial charge in [0.1, 0.15) is 0 Å². The molecule has 98 valence electrons. The normalized spacial score (nSPS) is 10.2. The number of hydrogen-bond acceptors (Lipinski definition) is 2. The topological polar surface area (TPSA) is 55.1 Å². The van der Waals surface area contributed by atoms with Crippen LogP contribution >= 0.6 is 22.6 Å². The smallest absolute Gasteiger partial charge is 0.255 e. The van der Waals surface area contributed by atoms with E-state index in [4.69, 9.17) is 5.73 Å². The molecule has 0 saturated heterocycles. The van der Waals surface area contributed by atoms with Gasteiger partial charge in [0.25, 0.3) is 5.91 Å². The van der Waals surface area contributed by atoms with Gasteiger partial charge < -0.3 is 11.1 Å². The van der Waals surface area contributed by atoms with Crippen LogP contribution in [0.5, 0.6) is 0 Å². The van der Waals surface area contributed by atoms with Gasteiger partial charge in [-0.15, -0.1) is 0 Å². The molecule has 0 aliphatic rings. The Kier molecular flexibility index (Phi) is 4.42. The van der Waals surface area contributed by atoms with Gasteiger partial charge in [0.15, 0.2) is 0 Å². The van der Waals surface area contributed by atoms with E-state index in [1.54, 1.807) is 24.3 Å². The Morgan fingerprint density at radius 3 is 2.74 bits per heavy atom. The van der Waals surface area contributed by atoms with E-state index in [0.717, 1.165) is 21.2 Å². The fourth-order valence-electron chi connectivity index (χ4n) is 1.85. The number of anilines is 2. The van der Waals surface area contributed by atoms with E-state index in [-0.39, 0.29) is 5.91 Å². The number of benzene rings is 2. The molecule has 4 heteroatoms. The van der Waals surface area contributed by atoms with E-state index in [0.29, 0.717) is 11.3 Å². The summed E-state index contributed by atoms with van der Waals surface area (Å²) in [5.41, 5.74) is 8.83. The monoisotopic (exact) mass is 366 g/mol. The number of nitrogens with two attached hydrogens (primary N) is 1. The van der Waals surface area contributed by atoms with E-state index in [1.165, 1.54) is 0 Å². The second-order valence-corrected chi connectivity index (χ2v) is 5.48. The molecule has 0 heterocycles. The van der Waals surface area contributed by atoms with Crippen LogP contribution in [0.3, 0.4) is 0 Å². The van der Waals surface area contributed by atoms with Crippen molar-refractivity contribution in [3.63, 3.8) is 0 Å². The first-order valence-electron chi connectivity index (χ1n) is 6.05. The van der Waals surface area contributed by atoms with Crippen LogP contribution in [0, 0.1) is 3.57 Å². The van der Waals surface area contributed by atoms with Crippen LogP contribution in [0.2, 0.25) is 0 Å². The highest BCUT2D eigenvalue weighted by Gasteiger charge is 2.09. The van der Waals surface area contributed by atoms with Gasteiger partial charge in [-0.3, -0.25) is 4.79 Å². The number of carbonyl (C=O) groups is 1. The van der Waals surface area contributed by atoms with Gasteiger partial charge in [-0.2, -0.15) is 0 Å². The second-order valence-electron chi connectivity index (χ2n) is 4.23. The fraction of sp³-hybridized carbons (Fsp3) is 0.133. The van der Waals surface area contributed by atoms with Gasteiger partial charge in [-0.05, 0) is 71.0 Å². The first-order valence-corrected chi connectivity index (χ1v) is 7.13. The van der Waals surface area contributed by atoms with E-state index in [9.17, 15) is 4.79 Å². The van der Waals surface area contributed by atoms with Crippen molar-refractivity contribution in [3.05, 3.63) is 57.2 Å². The number of nitrogen functional groups attached to an aromatic ring is 1. The minimum absolute atomic E-state index is 0.136. The van der Waals surface area contributed by atoms with Gasteiger partial charge in [-0.1, -0.05) is 13.0 Å². The lowest BCUT2D eigenvalue weighted by molar-refractivity contribution is 0.102. The minimum atomic E-state index is -0.136. The van der Waals surface area contributed by atoms with Crippen molar-refractivity contribution >= 4 is 39.9 Å². The van der Waals surface area contributed by atoms with Crippen LogP contribution < -0.4 is 11.1 Å². The van der Waals surface area contributed by atoms with Crippen LogP contribution in [0.1, 0.15) is 22.8 Å². The Balaban J connectivity index is 2.24. The third kappa shape index (κ3) is 3.47. The highest BCUT2D eigenvalue weighted by atomic mass is 127. The molecule has 0 fully saturated rings. The molecule has 2 aromatic carbocycles. The van der Waals surface area contributed by atoms with Crippen molar-refractivity contribution in [2.24, 2.45) is 0 Å². The van der Waals surface area contributed by atoms with Crippen LogP contribution in [0.15, 0.2) is 42.5 Å². The summed E-state index contributed by atoms with van der Waals surface area (Å²) in [4.78, 5) is 12.2. The molecule has 1 amide bonds. The fourth-order valence-corrected chi connectivity index (χ4v) is 2.41. The van der Waals surface area contributed by atoms with Crippen LogP contribution in [0.25, 0.3) is 0 Å². The van der Waals surface area contributed by atoms with Crippen LogP contribution in [-0.2, 0) is 6.42 Å². The Labute approximate surface area is 126 Å². The Morgan fingerprint density at radius 1 is 1.26 bits per heavy atom. The number of halogens is 1. The SMILES string of the molecule is CCc1cc(I)ccc1NC(=O)c1cccc(N)c1. The van der Waals surface area contributed by atoms with Crippen molar-refractivity contribution in [2.75, 3.05) is 11.1 Å². The number of rotatable bonds is 3. The third-order valence-electron chi connectivity index (χ3n) is 2.85. The van der Waals surface area contributed by atoms with Crippen LogP contribution in [-0.4, -0.2) is 5.91 Å². The lowest BCUT2D eigenvalue weighted by Gasteiger charge is -2.10. The molecule has 0 radical (unpaired) electrons. The molecular formula is C15H15IN2O. The maximum absolute atomic E-state index is 12.2. The Hall–Kier alpha value is -1.56. The minimum Gasteiger partial charge on any atom is -0.399 e. The van der Waals surface area contributed by atoms with Crippen molar-refractivity contribution < 1.29 is 4.79 Å². The molecule has 0 aliphatic carbocycles. The van der Waals surface area contributed by atoms with Gasteiger partial charge in [-0.25, -0.2) is 0 Å². The van der Waals surface area contributed by atoms with Gasteiger partial charge in [0, 0.05) is 20.5 Å². The Bertz CT molecular complexity index is 611. The highest BCUT2D eigenvalue weighted by molar-refractivity contribution is 14.1. The summed E-state index contributed by atoms with van der Waals surface area (Å²) in [6, 6.07) is 13.0. The molecular weight excluding hydrogens is 351 g/mol. The predicted molar refractivity (Wildman–Crippen MR) is 87.3 cm³/mol. The molecule has 0 aliphatic heterocycles. The van der Waals surface area contributed by atoms with E-state index in [2.05, 4.69) is 40.9 Å². The lowest BCUT2D eigenvalue weighted by Crippen LogP contribution is -2.13. The Morgan fingerprint density at radius 2 is 2.05 bits per heavy atom. The average Bonchev–Trinajstić information content (AvgIpc) is 2.40. The largest absolute Gasteiger partial charge is 0.399 e. The number of nitrogens with one attached hydrogen (secondary N) is 1. The quantitative estimate of drug-likeness (QED) is 0.643. The molecule has 0 saturated carbocycles. The molecule has 3 N–H and O–H groups in total. The highest BCUT2D eigenvalue weighted by Crippen LogP contribution is 2.20. The van der Waals surface area contributed by atoms with Gasteiger partial charge in [0.2, 0.25) is 0 Å². The summed E-state index contributed by atoms with van der Waals surface area (Å²) in [5.74, 6) is -0.136. The van der Waals surface area contributed by atoms with Crippen LogP contribution in [0.4, 0.5) is 11.4 Å². The zero-order valence-electron chi connectivity index (χ0n) is 10.6. The lowest BCUT2D eigenvalue weighted by atomic mass is 10.1. The van der Waals surface area contributed by atoms with Gasteiger partial charge in [0.05, 0.1) is 0 Å². The average molecular weight is 366 g/mol. The van der Waals surface area contributed by atoms with E-state index < -0.39 is 0 Å². The second kappa shape index (κ2) is 6.06. The number of hydrogen-bond donors (Lipinski definition) is 2. The molecule has 0 aromatic heterocycles. The van der Waals surface area contributed by atoms with E-state index >= 15 is 0 Å². The summed E-state index contributed by atoms with van der Waals surface area (Å²) in [5, 5.41) is 2.93. The zero-order valence-corrected chi connectivity index (χ0v) is 12.8. The molecule has 19 heavy (non-hydrogen) atoms. The molecule has 3 nitrogen and oxygen atoms in total. The standard InChI is InChI=1S/C15H15IN2O/c1-2-10-8-12(16)6-7-14(10)18-15(19)11-4-3-5-13(17)9-11/h3-9H,2,17H2,1H3,(H,18,19). The molecule has 0 bridgehead atoms. The summed E-state index contributed by atoms with van der Waals surface area (Å²) in [7, 11) is 0. The van der Waals surface area contributed by atoms with Crippen molar-refractivity contribution in [1.82, 2.24) is 0 Å². The summed E-state index contributed by atoms with van der Waals surface area (Å²) in [6.45, 7) is 2.07. The first kappa shape index (κ1) is 13.9. The molecule has 0 atom stereocenters. The zero-order chi connectivity index (χ0) is 13.8. The number of carbonyl (C=O) groups excluding carboxylic acids is 1. The molecule has 0 unspecified atom stereocenters. The predicted octanol–water partition coefficient (Wildman–Crippen LogP) is 3.69. The number of aryl methyl sites for hydroxylation is 1. The summed E-state index contributed by atoms with van der Waals surface area (Å²) in [6.07, 6.45) is 0.878. The summed E-state index contributed by atoms with van der Waals surface area (Å²) < 4.78 is 1.16. The first-order chi connectivity index (χ1) is 9.10. The molecule has 2 rings (SSSR count). The van der Waals surface area contributed by atoms with E-state index in [1.807, 2.05) is 12.1 Å².